The van der Waals surface area contributed by atoms with Crippen molar-refractivity contribution in [1.82, 2.24) is 19.1 Å². The Labute approximate surface area is 217 Å². The molecule has 0 saturated heterocycles. The van der Waals surface area contributed by atoms with Crippen molar-refractivity contribution in [3.8, 4) is 22.3 Å². The summed E-state index contributed by atoms with van der Waals surface area (Å²) in [6.45, 7) is 0. The highest BCUT2D eigenvalue weighted by atomic mass is 35.5. The van der Waals surface area contributed by atoms with Gasteiger partial charge in [0.05, 0.1) is 11.9 Å². The van der Waals surface area contributed by atoms with Crippen molar-refractivity contribution >= 4 is 39.2 Å². The topological polar surface area (TPSA) is 96.7 Å². The van der Waals surface area contributed by atoms with E-state index in [9.17, 15) is 17.6 Å². The molecule has 37 heavy (non-hydrogen) atoms. The average molecular weight is 536 g/mol. The fraction of sp³-hybridized carbons (Fsp3) is 0.0385. The molecular formula is C26H19ClFN5O3S. The first-order valence-electron chi connectivity index (χ1n) is 11.0. The van der Waals surface area contributed by atoms with Crippen LogP contribution < -0.4 is 9.03 Å². The molecule has 2 heterocycles. The number of aromatic nitrogens is 3. The van der Waals surface area contributed by atoms with Crippen LogP contribution >= 0.6 is 11.6 Å². The average Bonchev–Trinajstić information content (AvgIpc) is 3.33. The van der Waals surface area contributed by atoms with Crippen LogP contribution in [-0.2, 0) is 10.2 Å². The van der Waals surface area contributed by atoms with Crippen LogP contribution in [0.2, 0.25) is 5.02 Å². The molecule has 186 valence electrons. The fourth-order valence-electron chi connectivity index (χ4n) is 3.96. The highest BCUT2D eigenvalue weighted by molar-refractivity contribution is 7.91. The Hall–Kier alpha value is -4.28. The molecule has 5 rings (SSSR count). The third-order valence-electron chi connectivity index (χ3n) is 5.77. The number of hydrogen-bond donors (Lipinski definition) is 1. The monoisotopic (exact) mass is 535 g/mol. The van der Waals surface area contributed by atoms with E-state index < -0.39 is 21.9 Å². The van der Waals surface area contributed by atoms with E-state index in [1.165, 1.54) is 36.0 Å². The van der Waals surface area contributed by atoms with Crippen LogP contribution in [0, 0.1) is 5.82 Å². The molecular weight excluding hydrogens is 517 g/mol. The van der Waals surface area contributed by atoms with Crippen molar-refractivity contribution < 1.29 is 17.6 Å². The van der Waals surface area contributed by atoms with E-state index in [0.29, 0.717) is 21.7 Å². The van der Waals surface area contributed by atoms with Crippen LogP contribution in [0.1, 0.15) is 10.5 Å². The number of benzene rings is 3. The van der Waals surface area contributed by atoms with Gasteiger partial charge in [-0.25, -0.2) is 19.1 Å². The van der Waals surface area contributed by atoms with Crippen molar-refractivity contribution in [2.75, 3.05) is 11.4 Å². The Kier molecular flexibility index (Phi) is 6.36. The minimum absolute atomic E-state index is 0.00810. The first-order valence-corrected chi connectivity index (χ1v) is 12.8. The first-order chi connectivity index (χ1) is 17.7. The van der Waals surface area contributed by atoms with Gasteiger partial charge in [0.1, 0.15) is 11.5 Å². The predicted molar refractivity (Wildman–Crippen MR) is 140 cm³/mol. The standard InChI is InChI=1S/C26H19ClFN5O3S/c1-32(37(35,36)31-25(34)23-16-30-26-29-14-3-15-33(23)26)22-5-2-4-21(17-6-10-19(27)11-7-17)24(22)18-8-12-20(28)13-9-18/h2-16H,1H3,(H,31,34). The number of rotatable bonds is 6. The van der Waals surface area contributed by atoms with Crippen molar-refractivity contribution in [2.24, 2.45) is 0 Å². The molecule has 0 spiro atoms. The molecule has 0 unspecified atom stereocenters. The molecule has 0 radical (unpaired) electrons. The number of fused-ring (bicyclic) bond motifs is 1. The van der Waals surface area contributed by atoms with Crippen LogP contribution in [0.25, 0.3) is 28.0 Å². The third-order valence-corrected chi connectivity index (χ3v) is 7.39. The Bertz CT molecular complexity index is 1720. The van der Waals surface area contributed by atoms with E-state index in [4.69, 9.17) is 11.6 Å². The quantitative estimate of drug-likeness (QED) is 0.331. The maximum absolute atomic E-state index is 13.7. The van der Waals surface area contributed by atoms with Crippen LogP contribution in [0.5, 0.6) is 0 Å². The van der Waals surface area contributed by atoms with Gasteiger partial charge in [-0.1, -0.05) is 48.0 Å². The molecule has 5 aromatic rings. The van der Waals surface area contributed by atoms with Crippen molar-refractivity contribution in [1.29, 1.82) is 0 Å². The summed E-state index contributed by atoms with van der Waals surface area (Å²) in [5.74, 6) is -1.04. The number of carbonyl (C=O) groups excluding carboxylic acids is 1. The molecule has 1 N–H and O–H groups in total. The van der Waals surface area contributed by atoms with Gasteiger partial charge < -0.3 is 0 Å². The Balaban J connectivity index is 1.58. The predicted octanol–water partition coefficient (Wildman–Crippen LogP) is 4.97. The van der Waals surface area contributed by atoms with Crippen molar-refractivity contribution in [3.05, 3.63) is 108 Å². The number of amides is 1. The normalized spacial score (nSPS) is 11.4. The van der Waals surface area contributed by atoms with Crippen molar-refractivity contribution in [3.63, 3.8) is 0 Å². The molecule has 3 aromatic carbocycles. The summed E-state index contributed by atoms with van der Waals surface area (Å²) >= 11 is 6.06. The molecule has 0 aliphatic carbocycles. The SMILES string of the molecule is CN(c1cccc(-c2ccc(Cl)cc2)c1-c1ccc(F)cc1)S(=O)(=O)NC(=O)c1cnc2ncccn12. The number of nitrogens with zero attached hydrogens (tertiary/aromatic N) is 4. The van der Waals surface area contributed by atoms with Gasteiger partial charge >= 0.3 is 10.2 Å². The highest BCUT2D eigenvalue weighted by Crippen LogP contribution is 2.40. The van der Waals surface area contributed by atoms with Gasteiger partial charge in [0.15, 0.2) is 0 Å². The van der Waals surface area contributed by atoms with Gasteiger partial charge in [-0.05, 0) is 53.1 Å². The van der Waals surface area contributed by atoms with Gasteiger partial charge in [-0.2, -0.15) is 8.42 Å². The minimum Gasteiger partial charge on any atom is -0.279 e. The first kappa shape index (κ1) is 24.4. The molecule has 8 nitrogen and oxygen atoms in total. The Morgan fingerprint density at radius 2 is 1.68 bits per heavy atom. The molecule has 0 fully saturated rings. The van der Waals surface area contributed by atoms with Crippen LogP contribution in [0.15, 0.2) is 91.4 Å². The zero-order chi connectivity index (χ0) is 26.2. The number of halogens is 2. The summed E-state index contributed by atoms with van der Waals surface area (Å²) in [6.07, 6.45) is 4.32. The van der Waals surface area contributed by atoms with Gasteiger partial charge in [0.2, 0.25) is 5.78 Å². The maximum atomic E-state index is 13.7. The van der Waals surface area contributed by atoms with Gasteiger partial charge in [0.25, 0.3) is 5.91 Å². The van der Waals surface area contributed by atoms with Crippen LogP contribution in [0.4, 0.5) is 10.1 Å². The zero-order valence-electron chi connectivity index (χ0n) is 19.3. The smallest absolute Gasteiger partial charge is 0.279 e. The van der Waals surface area contributed by atoms with Crippen LogP contribution in [-0.4, -0.2) is 35.7 Å². The van der Waals surface area contributed by atoms with E-state index in [1.54, 1.807) is 48.7 Å². The molecule has 2 aromatic heterocycles. The summed E-state index contributed by atoms with van der Waals surface area (Å²) in [7, 11) is -3.04. The number of hydrogen-bond acceptors (Lipinski definition) is 5. The van der Waals surface area contributed by atoms with E-state index in [-0.39, 0.29) is 17.2 Å². The molecule has 11 heteroatoms. The Morgan fingerprint density at radius 1 is 0.973 bits per heavy atom. The highest BCUT2D eigenvalue weighted by Gasteiger charge is 2.27. The van der Waals surface area contributed by atoms with Crippen LogP contribution in [0.3, 0.4) is 0 Å². The lowest BCUT2D eigenvalue weighted by Gasteiger charge is -2.24. The summed E-state index contributed by atoms with van der Waals surface area (Å²) in [4.78, 5) is 21.0. The largest absolute Gasteiger partial charge is 0.326 e. The molecule has 0 atom stereocenters. The molecule has 0 aliphatic heterocycles. The summed E-state index contributed by atoms with van der Waals surface area (Å²) in [6, 6.07) is 19.5. The summed E-state index contributed by atoms with van der Waals surface area (Å²) < 4.78 is 44.9. The lowest BCUT2D eigenvalue weighted by molar-refractivity contribution is 0.0975. The number of anilines is 1. The van der Waals surface area contributed by atoms with Gasteiger partial charge in [-0.15, -0.1) is 0 Å². The van der Waals surface area contributed by atoms with Gasteiger partial charge in [0, 0.05) is 30.0 Å². The fourth-order valence-corrected chi connectivity index (χ4v) is 4.97. The number of imidazole rings is 1. The molecule has 0 aliphatic rings. The van der Waals surface area contributed by atoms with E-state index in [0.717, 1.165) is 9.87 Å². The lowest BCUT2D eigenvalue weighted by atomic mass is 9.93. The van der Waals surface area contributed by atoms with E-state index in [2.05, 4.69) is 14.7 Å². The second-order valence-corrected chi connectivity index (χ2v) is 10.2. The molecule has 0 saturated carbocycles. The minimum atomic E-state index is -4.37. The third kappa shape index (κ3) is 4.76. The van der Waals surface area contributed by atoms with E-state index >= 15 is 0 Å². The second kappa shape index (κ2) is 9.64. The lowest BCUT2D eigenvalue weighted by Crippen LogP contribution is -2.42. The summed E-state index contributed by atoms with van der Waals surface area (Å²) in [5, 5.41) is 0.549. The zero-order valence-corrected chi connectivity index (χ0v) is 20.9. The van der Waals surface area contributed by atoms with Gasteiger partial charge in [-0.3, -0.25) is 13.5 Å². The number of nitrogens with one attached hydrogen (secondary N) is 1. The van der Waals surface area contributed by atoms with Crippen molar-refractivity contribution in [2.45, 2.75) is 0 Å². The molecule has 0 bridgehead atoms. The summed E-state index contributed by atoms with van der Waals surface area (Å²) in [5.41, 5.74) is 2.88. The Morgan fingerprint density at radius 3 is 2.41 bits per heavy atom. The second-order valence-electron chi connectivity index (χ2n) is 8.05. The maximum Gasteiger partial charge on any atom is 0.326 e. The van der Waals surface area contributed by atoms with E-state index in [1.807, 2.05) is 18.2 Å². The number of carbonyl (C=O) groups is 1. The molecule has 1 amide bonds.